The lowest BCUT2D eigenvalue weighted by molar-refractivity contribution is -0.134. The smallest absolute Gasteiger partial charge is 0.300 e. The van der Waals surface area contributed by atoms with Crippen molar-refractivity contribution < 1.29 is 20.1 Å². The normalized spacial score (nSPS) is 6.12. The van der Waals surface area contributed by atoms with Gasteiger partial charge in [-0.25, -0.2) is 0 Å². The van der Waals surface area contributed by atoms with Gasteiger partial charge in [0.2, 0.25) is 0 Å². The van der Waals surface area contributed by atoms with Crippen LogP contribution in [0.5, 0.6) is 0 Å². The third-order valence-corrected chi connectivity index (χ3v) is 0. The summed E-state index contributed by atoms with van der Waals surface area (Å²) in [7, 11) is 0. The van der Waals surface area contributed by atoms with Gasteiger partial charge in [-0.05, 0) is 6.58 Å². The van der Waals surface area contributed by atoms with Crippen LogP contribution in [0.3, 0.4) is 0 Å². The molecular formula is C4H8O4. The molecule has 4 nitrogen and oxygen atoms in total. The van der Waals surface area contributed by atoms with Crippen LogP contribution >= 0.6 is 0 Å². The van der Waals surface area contributed by atoms with Gasteiger partial charge in [-0.3, -0.25) is 4.79 Å². The molecule has 48 valence electrons. The molecule has 0 amide bonds. The van der Waals surface area contributed by atoms with Crippen LogP contribution in [0, 0.1) is 0 Å². The van der Waals surface area contributed by atoms with Crippen LogP contribution in [0.25, 0.3) is 0 Å². The van der Waals surface area contributed by atoms with Gasteiger partial charge in [-0.15, -0.1) is 0 Å². The molecule has 0 aliphatic carbocycles. The van der Waals surface area contributed by atoms with Crippen molar-refractivity contribution in [2.24, 2.45) is 0 Å². The minimum atomic E-state index is -0.833. The number of rotatable bonds is 0. The molecule has 0 bridgehead atoms. The van der Waals surface area contributed by atoms with Crippen molar-refractivity contribution in [1.29, 1.82) is 0 Å². The summed E-state index contributed by atoms with van der Waals surface area (Å²) in [5.41, 5.74) is 0. The van der Waals surface area contributed by atoms with Crippen molar-refractivity contribution in [2.75, 3.05) is 0 Å². The SMILES string of the molecule is C=C(O)O.CC(=O)O. The summed E-state index contributed by atoms with van der Waals surface area (Å²) >= 11 is 0. The molecule has 3 N–H and O–H groups in total. The Kier molecular flexibility index (Phi) is 7.22. The van der Waals surface area contributed by atoms with E-state index < -0.39 is 11.9 Å². The Bertz CT molecular complexity index is 66.0. The minimum Gasteiger partial charge on any atom is -0.482 e. The van der Waals surface area contributed by atoms with Crippen molar-refractivity contribution in [3.05, 3.63) is 12.5 Å². The first-order valence-electron chi connectivity index (χ1n) is 1.73. The lowest BCUT2D eigenvalue weighted by Gasteiger charge is -1.69. The standard InChI is InChI=1S/2C2H4O2/c2*1-2(3)4/h1H3,(H,3,4);3-4H,1H2. The van der Waals surface area contributed by atoms with E-state index >= 15 is 0 Å². The van der Waals surface area contributed by atoms with Gasteiger partial charge < -0.3 is 15.3 Å². The fraction of sp³-hybridized carbons (Fsp3) is 0.250. The number of hydrogen-bond acceptors (Lipinski definition) is 3. The van der Waals surface area contributed by atoms with Crippen LogP contribution in [-0.4, -0.2) is 21.3 Å². The van der Waals surface area contributed by atoms with E-state index in [4.69, 9.17) is 20.1 Å². The van der Waals surface area contributed by atoms with Crippen molar-refractivity contribution in [3.8, 4) is 0 Å². The lowest BCUT2D eigenvalue weighted by atomic mass is 10.9. The Morgan fingerprint density at radius 1 is 1.38 bits per heavy atom. The number of aliphatic hydroxyl groups is 2. The van der Waals surface area contributed by atoms with Gasteiger partial charge in [-0.1, -0.05) is 0 Å². The molecule has 0 unspecified atom stereocenters. The zero-order valence-corrected chi connectivity index (χ0v) is 4.46. The van der Waals surface area contributed by atoms with E-state index in [9.17, 15) is 0 Å². The number of aliphatic hydroxyl groups excluding tert-OH is 1. The van der Waals surface area contributed by atoms with Crippen molar-refractivity contribution in [1.82, 2.24) is 0 Å². The molecule has 0 aliphatic rings. The zero-order chi connectivity index (χ0) is 7.15. The van der Waals surface area contributed by atoms with Crippen LogP contribution < -0.4 is 0 Å². The number of carboxylic acid groups (broad SMARTS) is 1. The predicted octanol–water partition coefficient (Wildman–Crippen LogP) is 0.664. The largest absolute Gasteiger partial charge is 0.482 e. The second-order valence-corrected chi connectivity index (χ2v) is 0.935. The van der Waals surface area contributed by atoms with Crippen molar-refractivity contribution >= 4 is 5.97 Å². The van der Waals surface area contributed by atoms with Gasteiger partial charge in [0.25, 0.3) is 11.9 Å². The summed E-state index contributed by atoms with van der Waals surface area (Å²) < 4.78 is 0. The number of carboxylic acids is 1. The van der Waals surface area contributed by atoms with E-state index in [0.29, 0.717) is 0 Å². The molecule has 0 heterocycles. The number of carbonyl (C=O) groups is 1. The monoisotopic (exact) mass is 120 g/mol. The van der Waals surface area contributed by atoms with E-state index in [1.807, 2.05) is 0 Å². The van der Waals surface area contributed by atoms with E-state index in [-0.39, 0.29) is 0 Å². The van der Waals surface area contributed by atoms with E-state index in [0.717, 1.165) is 6.92 Å². The maximum Gasteiger partial charge on any atom is 0.300 e. The van der Waals surface area contributed by atoms with Crippen LogP contribution in [0.4, 0.5) is 0 Å². The summed E-state index contributed by atoms with van der Waals surface area (Å²) in [5.74, 6) is -1.67. The molecule has 0 rings (SSSR count). The van der Waals surface area contributed by atoms with Gasteiger partial charge in [0.15, 0.2) is 0 Å². The van der Waals surface area contributed by atoms with Crippen LogP contribution in [0.15, 0.2) is 12.5 Å². The lowest BCUT2D eigenvalue weighted by Crippen LogP contribution is -1.78. The van der Waals surface area contributed by atoms with E-state index in [1.54, 1.807) is 0 Å². The van der Waals surface area contributed by atoms with Gasteiger partial charge >= 0.3 is 0 Å². The molecule has 4 heteroatoms. The molecular weight excluding hydrogens is 112 g/mol. The Balaban J connectivity index is 0. The molecule has 0 aromatic heterocycles. The summed E-state index contributed by atoms with van der Waals surface area (Å²) in [6, 6.07) is 0. The third kappa shape index (κ3) is 49.3. The second-order valence-electron chi connectivity index (χ2n) is 0.935. The fourth-order valence-corrected chi connectivity index (χ4v) is 0. The molecule has 0 saturated heterocycles. The van der Waals surface area contributed by atoms with Crippen LogP contribution in [-0.2, 0) is 4.79 Å². The maximum atomic E-state index is 9.00. The molecule has 0 saturated carbocycles. The Morgan fingerprint density at radius 3 is 1.38 bits per heavy atom. The number of hydrogen-bond donors (Lipinski definition) is 3. The summed E-state index contributed by atoms with van der Waals surface area (Å²) in [5, 5.41) is 22.2. The Labute approximate surface area is 46.7 Å². The van der Waals surface area contributed by atoms with Crippen LogP contribution in [0.2, 0.25) is 0 Å². The molecule has 0 aliphatic heterocycles. The average molecular weight is 120 g/mol. The predicted molar refractivity (Wildman–Crippen MR) is 27.7 cm³/mol. The van der Waals surface area contributed by atoms with E-state index in [2.05, 4.69) is 6.58 Å². The van der Waals surface area contributed by atoms with Gasteiger partial charge in [0.05, 0.1) is 0 Å². The quantitative estimate of drug-likeness (QED) is 0.410. The highest BCUT2D eigenvalue weighted by molar-refractivity contribution is 5.62. The number of aliphatic carboxylic acids is 1. The first-order valence-corrected chi connectivity index (χ1v) is 1.73. The summed E-state index contributed by atoms with van der Waals surface area (Å²) in [4.78, 5) is 9.00. The fourth-order valence-electron chi connectivity index (χ4n) is 0. The topological polar surface area (TPSA) is 77.8 Å². The van der Waals surface area contributed by atoms with Gasteiger partial charge in [0.1, 0.15) is 0 Å². The van der Waals surface area contributed by atoms with E-state index in [1.165, 1.54) is 0 Å². The molecule has 8 heavy (non-hydrogen) atoms. The zero-order valence-electron chi connectivity index (χ0n) is 4.46. The van der Waals surface area contributed by atoms with Crippen molar-refractivity contribution in [2.45, 2.75) is 6.92 Å². The van der Waals surface area contributed by atoms with Gasteiger partial charge in [-0.2, -0.15) is 0 Å². The molecule has 0 fully saturated rings. The highest BCUT2D eigenvalue weighted by atomic mass is 16.5. The summed E-state index contributed by atoms with van der Waals surface area (Å²) in [6.07, 6.45) is 0. The summed E-state index contributed by atoms with van der Waals surface area (Å²) in [6.45, 7) is 3.75. The Hall–Kier alpha value is -1.19. The molecule has 0 aromatic rings. The minimum absolute atomic E-state index is 0.833. The second kappa shape index (κ2) is 5.81. The first kappa shape index (κ1) is 9.94. The highest BCUT2D eigenvalue weighted by Crippen LogP contribution is 1.58. The third-order valence-electron chi connectivity index (χ3n) is 0. The van der Waals surface area contributed by atoms with Gasteiger partial charge in [0, 0.05) is 6.92 Å². The molecule has 0 aromatic carbocycles. The van der Waals surface area contributed by atoms with Crippen LogP contribution in [0.1, 0.15) is 6.92 Å². The molecule has 0 atom stereocenters. The molecule has 0 spiro atoms. The average Bonchev–Trinajstić information content (AvgIpc) is 1.25. The van der Waals surface area contributed by atoms with Crippen molar-refractivity contribution in [3.63, 3.8) is 0 Å². The Morgan fingerprint density at radius 2 is 1.38 bits per heavy atom. The molecule has 0 radical (unpaired) electrons. The first-order chi connectivity index (χ1) is 3.46. The highest BCUT2D eigenvalue weighted by Gasteiger charge is 1.65. The maximum absolute atomic E-state index is 9.00.